The van der Waals surface area contributed by atoms with Crippen molar-refractivity contribution in [3.8, 4) is 11.1 Å². The Balaban J connectivity index is 0.00000529. The number of thioether (sulfide) groups is 1. The van der Waals surface area contributed by atoms with Crippen LogP contribution in [0.1, 0.15) is 33.5 Å². The van der Waals surface area contributed by atoms with Crippen LogP contribution in [-0.2, 0) is 17.9 Å². The average Bonchev–Trinajstić information content (AvgIpc) is 2.98. The van der Waals surface area contributed by atoms with Crippen LogP contribution in [0, 0.1) is 25.1 Å². The predicted octanol–water partition coefficient (Wildman–Crippen LogP) is 3.30. The van der Waals surface area contributed by atoms with Crippen molar-refractivity contribution in [3.05, 3.63) is 130 Å². The number of carbonyl (C=O) groups is 2. The second kappa shape index (κ2) is 16.1. The van der Waals surface area contributed by atoms with Crippen LogP contribution in [0.2, 0.25) is 0 Å². The third-order valence-corrected chi connectivity index (χ3v) is 7.62. The Morgan fingerprint density at radius 2 is 1.59 bits per heavy atom. The van der Waals surface area contributed by atoms with Crippen molar-refractivity contribution in [2.45, 2.75) is 32.5 Å². The van der Waals surface area contributed by atoms with Crippen LogP contribution in [0.4, 0.5) is 20.2 Å². The first-order valence-electron chi connectivity index (χ1n) is 13.6. The first kappa shape index (κ1) is 34.4. The van der Waals surface area contributed by atoms with E-state index in [2.05, 4.69) is 10.2 Å². The van der Waals surface area contributed by atoms with E-state index in [1.165, 1.54) is 23.9 Å². The van der Waals surface area contributed by atoms with Gasteiger partial charge in [-0.3, -0.25) is 4.79 Å². The molecule has 0 heterocycles. The minimum absolute atomic E-state index is 0. The molecule has 4 aromatic rings. The Kier molecular flexibility index (Phi) is 12.6. The van der Waals surface area contributed by atoms with E-state index in [-0.39, 0.29) is 31.8 Å². The molecule has 0 radical (unpaired) electrons. The van der Waals surface area contributed by atoms with Gasteiger partial charge in [-0.05, 0) is 89.6 Å². The summed E-state index contributed by atoms with van der Waals surface area (Å²) in [6.45, 7) is 9.68. The van der Waals surface area contributed by atoms with Gasteiger partial charge in [-0.25, -0.2) is 13.6 Å². The maximum atomic E-state index is 14.0. The molecule has 10 heteroatoms. The first-order chi connectivity index (χ1) is 20.7. The molecular weight excluding hydrogens is 575 g/mol. The standard InChI is InChI=1S/C34H31F2N3O3S.Li/c1-22-6-4-5-7-29(22)31-18-23(8-13-30(31)33(40)38-32(34(41)42)14-15-43-3)20-39(28-11-9-27(37-2)10-12-28)21-24-16-25(35)19-26(36)17-24;/h4-13,16-19,32H,14-15,20-21H2,1,3H3,(H,38,40)(H,41,42);/q;+1/p-1/t32-;/m0./s1. The number of rotatable bonds is 12. The number of anilines is 1. The van der Waals surface area contributed by atoms with Crippen LogP contribution >= 0.6 is 11.8 Å². The molecule has 0 saturated heterocycles. The van der Waals surface area contributed by atoms with Gasteiger partial charge in [-0.2, -0.15) is 11.8 Å². The number of nitrogens with one attached hydrogen (secondary N) is 1. The van der Waals surface area contributed by atoms with E-state index in [0.29, 0.717) is 34.7 Å². The molecule has 0 aromatic heterocycles. The van der Waals surface area contributed by atoms with Gasteiger partial charge < -0.3 is 20.1 Å². The summed E-state index contributed by atoms with van der Waals surface area (Å²) in [7, 11) is 0. The molecule has 0 aliphatic heterocycles. The fourth-order valence-electron chi connectivity index (χ4n) is 4.83. The van der Waals surface area contributed by atoms with Gasteiger partial charge in [0.2, 0.25) is 0 Å². The molecule has 1 amide bonds. The Bertz CT molecular complexity index is 1640. The summed E-state index contributed by atoms with van der Waals surface area (Å²) in [4.78, 5) is 30.5. The summed E-state index contributed by atoms with van der Waals surface area (Å²) < 4.78 is 28.1. The summed E-state index contributed by atoms with van der Waals surface area (Å²) in [5.41, 5.74) is 5.11. The number of carboxylic acid groups (broad SMARTS) is 1. The molecule has 220 valence electrons. The average molecular weight is 606 g/mol. The molecular formula is C34H30F2LiN3O3S. The van der Waals surface area contributed by atoms with Crippen LogP contribution in [-0.4, -0.2) is 29.9 Å². The molecule has 0 aliphatic carbocycles. The summed E-state index contributed by atoms with van der Waals surface area (Å²) in [5, 5.41) is 14.3. The Labute approximate surface area is 272 Å². The van der Waals surface area contributed by atoms with Crippen LogP contribution < -0.4 is 34.2 Å². The molecule has 1 N–H and O–H groups in total. The number of amides is 1. The molecule has 0 saturated carbocycles. The molecule has 1 atom stereocenters. The number of aryl methyl sites for hydroxylation is 1. The van der Waals surface area contributed by atoms with Gasteiger partial charge in [0, 0.05) is 30.4 Å². The minimum atomic E-state index is -1.34. The monoisotopic (exact) mass is 605 g/mol. The predicted molar refractivity (Wildman–Crippen MR) is 165 cm³/mol. The van der Waals surface area contributed by atoms with Crippen LogP contribution in [0.5, 0.6) is 0 Å². The topological polar surface area (TPSA) is 76.8 Å². The maximum absolute atomic E-state index is 14.0. The largest absolute Gasteiger partial charge is 1.00 e. The quantitative estimate of drug-likeness (QED) is 0.198. The second-order valence-corrected chi connectivity index (χ2v) is 11.1. The zero-order chi connectivity index (χ0) is 30.9. The molecule has 0 spiro atoms. The van der Waals surface area contributed by atoms with E-state index in [1.54, 1.807) is 36.4 Å². The van der Waals surface area contributed by atoms with Gasteiger partial charge in [0.25, 0.3) is 5.91 Å². The van der Waals surface area contributed by atoms with Gasteiger partial charge in [0.15, 0.2) is 5.69 Å². The number of benzene rings is 4. The molecule has 4 rings (SSSR count). The fourth-order valence-corrected chi connectivity index (χ4v) is 5.30. The summed E-state index contributed by atoms with van der Waals surface area (Å²) in [6.07, 6.45) is 2.09. The molecule has 4 aromatic carbocycles. The zero-order valence-corrected chi connectivity index (χ0v) is 25.6. The first-order valence-corrected chi connectivity index (χ1v) is 14.9. The minimum Gasteiger partial charge on any atom is -0.548 e. The summed E-state index contributed by atoms with van der Waals surface area (Å²) >= 11 is 1.48. The Morgan fingerprint density at radius 1 is 0.932 bits per heavy atom. The van der Waals surface area contributed by atoms with Crippen LogP contribution in [0.3, 0.4) is 0 Å². The Hall–Kier alpha value is -4.08. The van der Waals surface area contributed by atoms with Gasteiger partial charge in [-0.1, -0.05) is 42.5 Å². The van der Waals surface area contributed by atoms with Gasteiger partial charge >= 0.3 is 18.9 Å². The number of hydrogen-bond donors (Lipinski definition) is 1. The maximum Gasteiger partial charge on any atom is 1.00 e. The smallest absolute Gasteiger partial charge is 0.548 e. The van der Waals surface area contributed by atoms with E-state index >= 15 is 0 Å². The normalized spacial score (nSPS) is 11.2. The van der Waals surface area contributed by atoms with Crippen molar-refractivity contribution in [1.29, 1.82) is 0 Å². The van der Waals surface area contributed by atoms with E-state index in [9.17, 15) is 23.5 Å². The third-order valence-electron chi connectivity index (χ3n) is 6.98. The van der Waals surface area contributed by atoms with Crippen molar-refractivity contribution in [1.82, 2.24) is 5.32 Å². The number of carboxylic acids is 1. The number of hydrogen-bond acceptors (Lipinski definition) is 5. The van der Waals surface area contributed by atoms with Crippen LogP contribution in [0.15, 0.2) is 84.9 Å². The molecule has 44 heavy (non-hydrogen) atoms. The SMILES string of the molecule is [C-]#[N+]c1ccc(N(Cc2cc(F)cc(F)c2)Cc2ccc(C(=O)N[C@@H](CCSC)C(=O)[O-])c(-c3ccccc3C)c2)cc1.[Li+]. The van der Waals surface area contributed by atoms with E-state index in [0.717, 1.165) is 28.4 Å². The number of halogens is 2. The Morgan fingerprint density at radius 3 is 2.20 bits per heavy atom. The molecule has 0 fully saturated rings. The van der Waals surface area contributed by atoms with Crippen molar-refractivity contribution < 1.29 is 42.3 Å². The zero-order valence-electron chi connectivity index (χ0n) is 24.8. The molecule has 0 aliphatic rings. The van der Waals surface area contributed by atoms with Gasteiger partial charge in [0.1, 0.15) is 11.6 Å². The van der Waals surface area contributed by atoms with Crippen molar-refractivity contribution in [3.63, 3.8) is 0 Å². The van der Waals surface area contributed by atoms with E-state index < -0.39 is 29.6 Å². The van der Waals surface area contributed by atoms with E-state index in [1.807, 2.05) is 48.4 Å². The van der Waals surface area contributed by atoms with Crippen molar-refractivity contribution in [2.24, 2.45) is 0 Å². The van der Waals surface area contributed by atoms with Crippen molar-refractivity contribution >= 4 is 35.0 Å². The fraction of sp³-hybridized carbons (Fsp3) is 0.206. The third kappa shape index (κ3) is 8.97. The number of nitrogens with zero attached hydrogens (tertiary/aromatic N) is 2. The summed E-state index contributed by atoms with van der Waals surface area (Å²) in [6, 6.07) is 22.1. The molecule has 6 nitrogen and oxygen atoms in total. The second-order valence-electron chi connectivity index (χ2n) is 10.1. The van der Waals surface area contributed by atoms with E-state index in [4.69, 9.17) is 6.57 Å². The van der Waals surface area contributed by atoms with Crippen LogP contribution in [0.25, 0.3) is 16.0 Å². The van der Waals surface area contributed by atoms with Gasteiger partial charge in [-0.15, -0.1) is 0 Å². The molecule has 0 bridgehead atoms. The number of carbonyl (C=O) groups excluding carboxylic acids is 2. The summed E-state index contributed by atoms with van der Waals surface area (Å²) in [5.74, 6) is -2.68. The number of aliphatic carboxylic acids is 1. The van der Waals surface area contributed by atoms with Crippen molar-refractivity contribution in [2.75, 3.05) is 16.9 Å². The molecule has 0 unspecified atom stereocenters. The van der Waals surface area contributed by atoms with Gasteiger partial charge in [0.05, 0.1) is 18.6 Å².